The van der Waals surface area contributed by atoms with Crippen molar-refractivity contribution in [3.63, 3.8) is 0 Å². The van der Waals surface area contributed by atoms with Crippen LogP contribution in [0.1, 0.15) is 17.3 Å². The summed E-state index contributed by atoms with van der Waals surface area (Å²) in [5, 5.41) is 13.8. The van der Waals surface area contributed by atoms with Crippen LogP contribution in [0.3, 0.4) is 0 Å². The monoisotopic (exact) mass is 295 g/mol. The average Bonchev–Trinajstić information content (AvgIpc) is 2.44. The number of amides is 1. The Hall–Kier alpha value is -2.64. The number of nitrogens with zero attached hydrogens (tertiary/aromatic N) is 2. The Bertz CT molecular complexity index is 571. The van der Waals surface area contributed by atoms with Crippen LogP contribution >= 0.6 is 0 Å². The van der Waals surface area contributed by atoms with E-state index in [1.54, 1.807) is 21.0 Å². The van der Waals surface area contributed by atoms with Crippen LogP contribution in [0, 0.1) is 10.1 Å². The van der Waals surface area contributed by atoms with Gasteiger partial charge in [0.05, 0.1) is 17.6 Å². The summed E-state index contributed by atoms with van der Waals surface area (Å²) in [4.78, 5) is 35.1. The first-order chi connectivity index (χ1) is 9.77. The van der Waals surface area contributed by atoms with Gasteiger partial charge in [-0.15, -0.1) is 0 Å². The number of hydrogen-bond donors (Lipinski definition) is 1. The van der Waals surface area contributed by atoms with Gasteiger partial charge in [-0.1, -0.05) is 0 Å². The number of rotatable bonds is 5. The lowest BCUT2D eigenvalue weighted by molar-refractivity contribution is -0.384. The summed E-state index contributed by atoms with van der Waals surface area (Å²) in [7, 11) is 4.38. The maximum atomic E-state index is 11.8. The number of nitrogens with one attached hydrogen (secondary N) is 1. The molecule has 0 aliphatic rings. The zero-order chi connectivity index (χ0) is 16.2. The molecule has 0 heterocycles. The largest absolute Gasteiger partial charge is 0.465 e. The highest BCUT2D eigenvalue weighted by Crippen LogP contribution is 2.26. The number of likely N-dealkylation sites (N-methyl/N-ethyl adjacent to an activating group) is 1. The Kier molecular flexibility index (Phi) is 5.23. The van der Waals surface area contributed by atoms with Gasteiger partial charge in [-0.3, -0.25) is 14.9 Å². The third-order valence-corrected chi connectivity index (χ3v) is 2.80. The molecular formula is C13H17N3O5. The molecule has 1 N–H and O–H groups in total. The molecule has 1 aromatic carbocycles. The van der Waals surface area contributed by atoms with Crippen LogP contribution in [0.4, 0.5) is 11.4 Å². The molecule has 0 saturated heterocycles. The minimum Gasteiger partial charge on any atom is -0.465 e. The van der Waals surface area contributed by atoms with E-state index in [2.05, 4.69) is 10.1 Å². The summed E-state index contributed by atoms with van der Waals surface area (Å²) >= 11 is 0. The van der Waals surface area contributed by atoms with E-state index in [4.69, 9.17) is 0 Å². The number of ether oxygens (including phenoxy) is 1. The van der Waals surface area contributed by atoms with E-state index in [0.29, 0.717) is 0 Å². The lowest BCUT2D eigenvalue weighted by Gasteiger charge is -2.19. The van der Waals surface area contributed by atoms with E-state index in [-0.39, 0.29) is 22.8 Å². The predicted molar refractivity (Wildman–Crippen MR) is 76.2 cm³/mol. The van der Waals surface area contributed by atoms with Crippen molar-refractivity contribution in [2.75, 3.05) is 26.5 Å². The second-order valence-electron chi connectivity index (χ2n) is 4.58. The van der Waals surface area contributed by atoms with Gasteiger partial charge in [0.25, 0.3) is 5.69 Å². The van der Waals surface area contributed by atoms with Crippen LogP contribution in [0.5, 0.6) is 0 Å². The van der Waals surface area contributed by atoms with Gasteiger partial charge in [0.2, 0.25) is 5.91 Å². The Morgan fingerprint density at radius 3 is 2.48 bits per heavy atom. The van der Waals surface area contributed by atoms with Gasteiger partial charge in [0.1, 0.15) is 11.7 Å². The first-order valence-corrected chi connectivity index (χ1v) is 6.12. The van der Waals surface area contributed by atoms with Crippen molar-refractivity contribution in [2.24, 2.45) is 0 Å². The first kappa shape index (κ1) is 16.4. The van der Waals surface area contributed by atoms with Crippen molar-refractivity contribution in [3.05, 3.63) is 33.9 Å². The lowest BCUT2D eigenvalue weighted by atomic mass is 10.1. The molecule has 1 rings (SSSR count). The van der Waals surface area contributed by atoms with E-state index in [0.717, 1.165) is 0 Å². The molecule has 21 heavy (non-hydrogen) atoms. The zero-order valence-electron chi connectivity index (χ0n) is 12.2. The van der Waals surface area contributed by atoms with Gasteiger partial charge in [0.15, 0.2) is 0 Å². The molecule has 8 heteroatoms. The maximum absolute atomic E-state index is 11.8. The summed E-state index contributed by atoms with van der Waals surface area (Å²) in [5.74, 6) is -0.854. The Balaban J connectivity index is 3.15. The van der Waals surface area contributed by atoms with Crippen LogP contribution in [-0.4, -0.2) is 48.9 Å². The smallest absolute Gasteiger partial charge is 0.337 e. The number of anilines is 1. The highest BCUT2D eigenvalue weighted by atomic mass is 16.6. The van der Waals surface area contributed by atoms with E-state index in [1.165, 1.54) is 30.2 Å². The quantitative estimate of drug-likeness (QED) is 0.498. The van der Waals surface area contributed by atoms with E-state index >= 15 is 0 Å². The molecule has 114 valence electrons. The Morgan fingerprint density at radius 2 is 2.00 bits per heavy atom. The molecule has 1 amide bonds. The summed E-state index contributed by atoms with van der Waals surface area (Å²) in [6, 6.07) is 3.12. The van der Waals surface area contributed by atoms with Crippen molar-refractivity contribution >= 4 is 23.3 Å². The molecule has 8 nitrogen and oxygen atoms in total. The number of nitro groups is 1. The standard InChI is InChI=1S/C13H17N3O5/c1-8(12(17)15(2)3)14-10-7-9(13(18)21-4)5-6-11(10)16(19)20/h5-8,14H,1-4H3. The molecule has 0 radical (unpaired) electrons. The normalized spacial score (nSPS) is 11.4. The summed E-state index contributed by atoms with van der Waals surface area (Å²) in [6.07, 6.45) is 0. The molecule has 1 aromatic rings. The average molecular weight is 295 g/mol. The van der Waals surface area contributed by atoms with Crippen molar-refractivity contribution in [2.45, 2.75) is 13.0 Å². The molecule has 0 fully saturated rings. The topological polar surface area (TPSA) is 102 Å². The van der Waals surface area contributed by atoms with Crippen molar-refractivity contribution < 1.29 is 19.2 Å². The summed E-state index contributed by atoms with van der Waals surface area (Å²) in [6.45, 7) is 1.58. The lowest BCUT2D eigenvalue weighted by Crippen LogP contribution is -2.36. The third kappa shape index (κ3) is 3.91. The molecule has 0 spiro atoms. The Labute approximate surface area is 121 Å². The molecular weight excluding hydrogens is 278 g/mol. The van der Waals surface area contributed by atoms with Crippen LogP contribution in [0.25, 0.3) is 0 Å². The first-order valence-electron chi connectivity index (χ1n) is 6.12. The van der Waals surface area contributed by atoms with Gasteiger partial charge < -0.3 is 15.0 Å². The highest BCUT2D eigenvalue weighted by Gasteiger charge is 2.21. The van der Waals surface area contributed by atoms with Crippen LogP contribution in [0.15, 0.2) is 18.2 Å². The van der Waals surface area contributed by atoms with E-state index in [9.17, 15) is 19.7 Å². The number of nitro benzene ring substituents is 1. The van der Waals surface area contributed by atoms with Crippen molar-refractivity contribution in [3.8, 4) is 0 Å². The number of esters is 1. The van der Waals surface area contributed by atoms with Gasteiger partial charge in [-0.2, -0.15) is 0 Å². The van der Waals surface area contributed by atoms with E-state index in [1.807, 2.05) is 0 Å². The second-order valence-corrected chi connectivity index (χ2v) is 4.58. The molecule has 0 aromatic heterocycles. The molecule has 0 saturated carbocycles. The maximum Gasteiger partial charge on any atom is 0.337 e. The van der Waals surface area contributed by atoms with Gasteiger partial charge in [0, 0.05) is 20.2 Å². The van der Waals surface area contributed by atoms with Gasteiger partial charge in [-0.25, -0.2) is 4.79 Å². The molecule has 1 unspecified atom stereocenters. The summed E-state index contributed by atoms with van der Waals surface area (Å²) < 4.78 is 4.57. The molecule has 0 bridgehead atoms. The number of benzene rings is 1. The third-order valence-electron chi connectivity index (χ3n) is 2.80. The van der Waals surface area contributed by atoms with Crippen molar-refractivity contribution in [1.29, 1.82) is 0 Å². The predicted octanol–water partition coefficient (Wildman–Crippen LogP) is 1.27. The minimum absolute atomic E-state index is 0.0885. The Morgan fingerprint density at radius 1 is 1.38 bits per heavy atom. The second kappa shape index (κ2) is 6.69. The minimum atomic E-state index is -0.674. The molecule has 1 atom stereocenters. The number of hydrogen-bond acceptors (Lipinski definition) is 6. The fraction of sp³-hybridized carbons (Fsp3) is 0.385. The number of carbonyl (C=O) groups excluding carboxylic acids is 2. The van der Waals surface area contributed by atoms with Crippen LogP contribution in [-0.2, 0) is 9.53 Å². The van der Waals surface area contributed by atoms with Gasteiger partial charge >= 0.3 is 5.97 Å². The van der Waals surface area contributed by atoms with Crippen LogP contribution < -0.4 is 5.32 Å². The summed E-state index contributed by atoms with van der Waals surface area (Å²) in [5.41, 5.74) is 0.0294. The fourth-order valence-electron chi connectivity index (χ4n) is 1.74. The fourth-order valence-corrected chi connectivity index (χ4v) is 1.74. The molecule has 0 aliphatic carbocycles. The number of methoxy groups -OCH3 is 1. The van der Waals surface area contributed by atoms with Crippen molar-refractivity contribution in [1.82, 2.24) is 4.90 Å². The highest BCUT2D eigenvalue weighted by molar-refractivity contribution is 5.92. The van der Waals surface area contributed by atoms with Crippen LogP contribution in [0.2, 0.25) is 0 Å². The number of carbonyl (C=O) groups is 2. The zero-order valence-corrected chi connectivity index (χ0v) is 12.2. The SMILES string of the molecule is COC(=O)c1ccc([N+](=O)[O-])c(NC(C)C(=O)N(C)C)c1. The van der Waals surface area contributed by atoms with Gasteiger partial charge in [-0.05, 0) is 19.1 Å². The molecule has 0 aliphatic heterocycles. The van der Waals surface area contributed by atoms with E-state index < -0.39 is 16.9 Å².